The molecule has 1 aliphatic carbocycles. The highest BCUT2D eigenvalue weighted by Gasteiger charge is 2.13. The lowest BCUT2D eigenvalue weighted by Crippen LogP contribution is -2.33. The molecule has 0 atom stereocenters. The van der Waals surface area contributed by atoms with Gasteiger partial charge >= 0.3 is 5.97 Å². The fourth-order valence-corrected chi connectivity index (χ4v) is 3.19. The van der Waals surface area contributed by atoms with Crippen LogP contribution in [0.1, 0.15) is 56.3 Å². The second kappa shape index (κ2) is 11.3. The van der Waals surface area contributed by atoms with Gasteiger partial charge in [0.25, 0.3) is 0 Å². The molecule has 1 fully saturated rings. The zero-order valence-electron chi connectivity index (χ0n) is 14.9. The molecule has 0 heterocycles. The van der Waals surface area contributed by atoms with E-state index >= 15 is 0 Å². The lowest BCUT2D eigenvalue weighted by molar-refractivity contribution is 0.0504. The van der Waals surface area contributed by atoms with E-state index in [0.29, 0.717) is 18.2 Å². The van der Waals surface area contributed by atoms with Gasteiger partial charge in [0, 0.05) is 31.4 Å². The molecular weight excluding hydrogens is 324 g/mol. The highest BCUT2D eigenvalue weighted by Crippen LogP contribution is 2.17. The number of halogens is 1. The molecule has 0 spiro atoms. The van der Waals surface area contributed by atoms with E-state index in [-0.39, 0.29) is 18.4 Å². The monoisotopic (exact) mass is 354 g/mol. The topological polar surface area (TPSA) is 41.6 Å². The minimum atomic E-state index is -0.235. The molecule has 1 saturated carbocycles. The zero-order valence-corrected chi connectivity index (χ0v) is 15.7. The summed E-state index contributed by atoms with van der Waals surface area (Å²) >= 11 is 0. The first kappa shape index (κ1) is 20.8. The molecule has 5 heteroatoms. The van der Waals surface area contributed by atoms with Gasteiger partial charge in [-0.3, -0.25) is 0 Å². The predicted molar refractivity (Wildman–Crippen MR) is 102 cm³/mol. The molecule has 1 aromatic carbocycles. The summed E-state index contributed by atoms with van der Waals surface area (Å²) in [7, 11) is 0. The normalized spacial score (nSPS) is 14.8. The largest absolute Gasteiger partial charge is 0.461 e. The van der Waals surface area contributed by atoms with E-state index in [1.54, 1.807) is 0 Å². The van der Waals surface area contributed by atoms with Crippen LogP contribution >= 0.6 is 12.4 Å². The van der Waals surface area contributed by atoms with Crippen molar-refractivity contribution in [1.29, 1.82) is 0 Å². The first-order valence-electron chi connectivity index (χ1n) is 9.00. The quantitative estimate of drug-likeness (QED) is 0.565. The van der Waals surface area contributed by atoms with Crippen LogP contribution in [0.4, 0.5) is 5.69 Å². The molecule has 0 aliphatic heterocycles. The maximum Gasteiger partial charge on any atom is 0.338 e. The van der Waals surface area contributed by atoms with Crippen LogP contribution in [0.3, 0.4) is 0 Å². The number of rotatable bonds is 8. The van der Waals surface area contributed by atoms with Crippen LogP contribution < -0.4 is 10.2 Å². The number of hydrogen-bond donors (Lipinski definition) is 1. The molecule has 1 aliphatic rings. The first-order chi connectivity index (χ1) is 11.2. The summed E-state index contributed by atoms with van der Waals surface area (Å²) in [4.78, 5) is 14.3. The van der Waals surface area contributed by atoms with Gasteiger partial charge in [0.2, 0.25) is 0 Å². The van der Waals surface area contributed by atoms with Crippen molar-refractivity contribution in [3.05, 3.63) is 29.8 Å². The van der Waals surface area contributed by atoms with Gasteiger partial charge in [-0.15, -0.1) is 12.4 Å². The summed E-state index contributed by atoms with van der Waals surface area (Å²) in [5.41, 5.74) is 1.77. The lowest BCUT2D eigenvalue weighted by atomic mass is 9.96. The van der Waals surface area contributed by atoms with E-state index in [2.05, 4.69) is 24.1 Å². The van der Waals surface area contributed by atoms with E-state index in [1.807, 2.05) is 24.3 Å². The van der Waals surface area contributed by atoms with Gasteiger partial charge < -0.3 is 15.0 Å². The Bertz CT molecular complexity index is 469. The van der Waals surface area contributed by atoms with Crippen molar-refractivity contribution in [3.63, 3.8) is 0 Å². The van der Waals surface area contributed by atoms with Crippen molar-refractivity contribution in [2.45, 2.75) is 52.0 Å². The van der Waals surface area contributed by atoms with Crippen molar-refractivity contribution in [3.8, 4) is 0 Å². The molecule has 24 heavy (non-hydrogen) atoms. The fourth-order valence-electron chi connectivity index (χ4n) is 3.19. The van der Waals surface area contributed by atoms with E-state index in [0.717, 1.165) is 25.3 Å². The van der Waals surface area contributed by atoms with Crippen LogP contribution in [0, 0.1) is 0 Å². The number of carbonyl (C=O) groups excluding carboxylic acids is 1. The highest BCUT2D eigenvalue weighted by atomic mass is 35.5. The third-order valence-electron chi connectivity index (χ3n) is 4.60. The molecule has 4 nitrogen and oxygen atoms in total. The maximum atomic E-state index is 12.1. The number of nitrogens with zero attached hydrogens (tertiary/aromatic N) is 1. The minimum absolute atomic E-state index is 0. The van der Waals surface area contributed by atoms with Crippen molar-refractivity contribution < 1.29 is 9.53 Å². The Kier molecular flexibility index (Phi) is 9.80. The Morgan fingerprint density at radius 1 is 1.12 bits per heavy atom. The molecule has 136 valence electrons. The molecule has 0 bridgehead atoms. The SMILES string of the molecule is CCN(CC)c1ccc(C(=O)OCCNC2CCCCC2)cc1.Cl. The predicted octanol–water partition coefficient (Wildman–Crippen LogP) is 4.03. The first-order valence-corrected chi connectivity index (χ1v) is 9.00. The third-order valence-corrected chi connectivity index (χ3v) is 4.60. The summed E-state index contributed by atoms with van der Waals surface area (Å²) in [6.07, 6.45) is 6.49. The number of hydrogen-bond acceptors (Lipinski definition) is 4. The fraction of sp³-hybridized carbons (Fsp3) is 0.632. The van der Waals surface area contributed by atoms with E-state index in [1.165, 1.54) is 32.1 Å². The van der Waals surface area contributed by atoms with Crippen LogP contribution in [0.15, 0.2) is 24.3 Å². The number of nitrogens with one attached hydrogen (secondary N) is 1. The molecular formula is C19H31ClN2O2. The van der Waals surface area contributed by atoms with Crippen LogP contribution in [-0.2, 0) is 4.74 Å². The Hall–Kier alpha value is -1.26. The van der Waals surface area contributed by atoms with Gasteiger partial charge in [0.1, 0.15) is 6.61 Å². The van der Waals surface area contributed by atoms with Gasteiger partial charge in [-0.2, -0.15) is 0 Å². The van der Waals surface area contributed by atoms with Gasteiger partial charge in [-0.1, -0.05) is 19.3 Å². The molecule has 2 rings (SSSR count). The summed E-state index contributed by atoms with van der Waals surface area (Å²) < 4.78 is 5.36. The van der Waals surface area contributed by atoms with Gasteiger partial charge in [0.05, 0.1) is 5.56 Å². The lowest BCUT2D eigenvalue weighted by Gasteiger charge is -2.22. The molecule has 0 radical (unpaired) electrons. The Morgan fingerprint density at radius 2 is 1.75 bits per heavy atom. The summed E-state index contributed by atoms with van der Waals surface area (Å²) in [6.45, 7) is 7.37. The van der Waals surface area contributed by atoms with Crippen LogP contribution in [-0.4, -0.2) is 38.3 Å². The Labute approximate surface area is 152 Å². The summed E-state index contributed by atoms with van der Waals surface area (Å²) in [6, 6.07) is 8.29. The minimum Gasteiger partial charge on any atom is -0.461 e. The number of esters is 1. The molecule has 1 aromatic rings. The van der Waals surface area contributed by atoms with Crippen molar-refractivity contribution in [2.24, 2.45) is 0 Å². The second-order valence-corrected chi connectivity index (χ2v) is 6.14. The molecule has 0 amide bonds. The third kappa shape index (κ3) is 6.33. The number of benzene rings is 1. The Morgan fingerprint density at radius 3 is 2.33 bits per heavy atom. The van der Waals surface area contributed by atoms with Crippen molar-refractivity contribution >= 4 is 24.1 Å². The van der Waals surface area contributed by atoms with E-state index < -0.39 is 0 Å². The highest BCUT2D eigenvalue weighted by molar-refractivity contribution is 5.89. The van der Waals surface area contributed by atoms with Crippen molar-refractivity contribution in [2.75, 3.05) is 31.1 Å². The Balaban J connectivity index is 0.00000288. The number of carbonyl (C=O) groups is 1. The molecule has 0 aromatic heterocycles. The molecule has 1 N–H and O–H groups in total. The van der Waals surface area contributed by atoms with Gasteiger partial charge in [-0.25, -0.2) is 4.79 Å². The van der Waals surface area contributed by atoms with Crippen molar-refractivity contribution in [1.82, 2.24) is 5.32 Å². The summed E-state index contributed by atoms with van der Waals surface area (Å²) in [5.74, 6) is -0.235. The number of anilines is 1. The number of ether oxygens (including phenoxy) is 1. The van der Waals surface area contributed by atoms with E-state index in [4.69, 9.17) is 4.74 Å². The summed E-state index contributed by atoms with van der Waals surface area (Å²) in [5, 5.41) is 3.48. The van der Waals surface area contributed by atoms with Gasteiger partial charge in [0.15, 0.2) is 0 Å². The smallest absolute Gasteiger partial charge is 0.338 e. The van der Waals surface area contributed by atoms with Crippen LogP contribution in [0.2, 0.25) is 0 Å². The molecule has 0 unspecified atom stereocenters. The zero-order chi connectivity index (χ0) is 16.5. The van der Waals surface area contributed by atoms with E-state index in [9.17, 15) is 4.79 Å². The van der Waals surface area contributed by atoms with Crippen LogP contribution in [0.5, 0.6) is 0 Å². The second-order valence-electron chi connectivity index (χ2n) is 6.14. The standard InChI is InChI=1S/C19H30N2O2.ClH/c1-3-21(4-2)18-12-10-16(11-13-18)19(22)23-15-14-20-17-8-6-5-7-9-17;/h10-13,17,20H,3-9,14-15H2,1-2H3;1H. The average molecular weight is 355 g/mol. The maximum absolute atomic E-state index is 12.1. The molecule has 0 saturated heterocycles. The van der Waals surface area contributed by atoms with Crippen LogP contribution in [0.25, 0.3) is 0 Å². The van der Waals surface area contributed by atoms with Gasteiger partial charge in [-0.05, 0) is 51.0 Å². The average Bonchev–Trinajstić information content (AvgIpc) is 2.61.